The molecule has 1 N–H and O–H groups in total. The third-order valence-electron chi connectivity index (χ3n) is 6.18. The fourth-order valence-corrected chi connectivity index (χ4v) is 3.90. The maximum atomic E-state index is 11.4. The predicted molar refractivity (Wildman–Crippen MR) is 127 cm³/mol. The highest BCUT2D eigenvalue weighted by Crippen LogP contribution is 2.37. The van der Waals surface area contributed by atoms with Gasteiger partial charge in [-0.2, -0.15) is 0 Å². The van der Waals surface area contributed by atoms with E-state index >= 15 is 0 Å². The molecule has 0 fully saturated rings. The van der Waals surface area contributed by atoms with Crippen molar-refractivity contribution in [3.05, 3.63) is 89.5 Å². The second-order valence-electron chi connectivity index (χ2n) is 8.37. The van der Waals surface area contributed by atoms with Crippen LogP contribution in [0.2, 0.25) is 0 Å². The lowest BCUT2D eigenvalue weighted by Gasteiger charge is -2.24. The summed E-state index contributed by atoms with van der Waals surface area (Å²) in [5, 5.41) is 9.35. The van der Waals surface area contributed by atoms with Crippen molar-refractivity contribution in [1.82, 2.24) is 0 Å². The van der Waals surface area contributed by atoms with E-state index in [1.165, 1.54) is 33.4 Å². The molecular formula is C28H28O4. The molecule has 3 aromatic rings. The van der Waals surface area contributed by atoms with E-state index in [1.807, 2.05) is 0 Å². The van der Waals surface area contributed by atoms with Crippen LogP contribution in [0.1, 0.15) is 43.9 Å². The summed E-state index contributed by atoms with van der Waals surface area (Å²) in [6.07, 6.45) is 3.43. The molecule has 4 heteroatoms. The summed E-state index contributed by atoms with van der Waals surface area (Å²) in [6, 6.07) is 22.3. The van der Waals surface area contributed by atoms with Gasteiger partial charge in [-0.05, 0) is 90.4 Å². The molecule has 164 valence electrons. The average molecular weight is 429 g/mol. The zero-order valence-corrected chi connectivity index (χ0v) is 18.7. The summed E-state index contributed by atoms with van der Waals surface area (Å²) in [7, 11) is 0. The maximum Gasteiger partial charge on any atom is 0.347 e. The Bertz CT molecular complexity index is 1160. The highest BCUT2D eigenvalue weighted by atomic mass is 16.5. The van der Waals surface area contributed by atoms with E-state index in [1.54, 1.807) is 38.1 Å². The van der Waals surface area contributed by atoms with Gasteiger partial charge in [-0.15, -0.1) is 0 Å². The first-order valence-corrected chi connectivity index (χ1v) is 10.9. The van der Waals surface area contributed by atoms with E-state index in [-0.39, 0.29) is 0 Å². The van der Waals surface area contributed by atoms with Crippen LogP contribution in [0.25, 0.3) is 16.7 Å². The summed E-state index contributed by atoms with van der Waals surface area (Å²) < 4.78 is 11.5. The normalized spacial score (nSPS) is 14.3. The quantitative estimate of drug-likeness (QED) is 0.354. The van der Waals surface area contributed by atoms with Crippen molar-refractivity contribution in [1.29, 1.82) is 0 Å². The number of benzene rings is 3. The smallest absolute Gasteiger partial charge is 0.347 e. The largest absolute Gasteiger partial charge is 0.490 e. The Kier molecular flexibility index (Phi) is 6.04. The van der Waals surface area contributed by atoms with E-state index in [2.05, 4.69) is 55.5 Å². The molecule has 4 rings (SSSR count). The van der Waals surface area contributed by atoms with Crippen LogP contribution in [0.5, 0.6) is 11.5 Å². The number of rotatable bonds is 8. The maximum absolute atomic E-state index is 11.4. The van der Waals surface area contributed by atoms with Crippen molar-refractivity contribution in [2.75, 3.05) is 6.61 Å². The summed E-state index contributed by atoms with van der Waals surface area (Å²) in [5.41, 5.74) is 6.57. The number of carboxylic acid groups (broad SMARTS) is 1. The molecule has 4 nitrogen and oxygen atoms in total. The molecule has 0 heterocycles. The predicted octanol–water partition coefficient (Wildman–Crippen LogP) is 6.37. The van der Waals surface area contributed by atoms with Gasteiger partial charge in [-0.1, -0.05) is 49.4 Å². The Morgan fingerprint density at radius 3 is 2.41 bits per heavy atom. The average Bonchev–Trinajstić information content (AvgIpc) is 3.17. The molecule has 1 aliphatic rings. The summed E-state index contributed by atoms with van der Waals surface area (Å²) in [6.45, 7) is 5.91. The van der Waals surface area contributed by atoms with Gasteiger partial charge in [0.25, 0.3) is 0 Å². The zero-order chi connectivity index (χ0) is 22.7. The number of carbonyl (C=O) groups is 1. The van der Waals surface area contributed by atoms with Gasteiger partial charge in [-0.25, -0.2) is 4.79 Å². The topological polar surface area (TPSA) is 55.8 Å². The van der Waals surface area contributed by atoms with Gasteiger partial charge < -0.3 is 14.6 Å². The Morgan fingerprint density at radius 2 is 1.69 bits per heavy atom. The lowest BCUT2D eigenvalue weighted by Crippen LogP contribution is -2.40. The molecule has 0 saturated heterocycles. The number of hydrogen-bond donors (Lipinski definition) is 1. The van der Waals surface area contributed by atoms with Gasteiger partial charge in [-0.3, -0.25) is 0 Å². The Labute approximate surface area is 189 Å². The molecule has 32 heavy (non-hydrogen) atoms. The lowest BCUT2D eigenvalue weighted by atomic mass is 10.00. The van der Waals surface area contributed by atoms with Crippen LogP contribution in [0.3, 0.4) is 0 Å². The van der Waals surface area contributed by atoms with Crippen molar-refractivity contribution in [3.63, 3.8) is 0 Å². The first kappa shape index (κ1) is 21.7. The van der Waals surface area contributed by atoms with Crippen LogP contribution < -0.4 is 9.47 Å². The van der Waals surface area contributed by atoms with Crippen LogP contribution in [0, 0.1) is 0 Å². The molecule has 1 atom stereocenters. The highest BCUT2D eigenvalue weighted by molar-refractivity contribution is 5.79. The third kappa shape index (κ3) is 4.40. The van der Waals surface area contributed by atoms with E-state index in [0.717, 1.165) is 6.42 Å². The molecule has 0 amide bonds. The van der Waals surface area contributed by atoms with Gasteiger partial charge in [0, 0.05) is 0 Å². The standard InChI is InChI=1S/C28H28O4/c1-4-28(3,27(29)30)32-24-12-10-23(11-13-24)31-16-15-19(2)20-9-14-26-22(17-20)18-21-7-5-6-8-25(21)26/h5-15,17H,4,16,18H2,1-3H3,(H,29,30)/b19-15+. The summed E-state index contributed by atoms with van der Waals surface area (Å²) >= 11 is 0. The lowest BCUT2D eigenvalue weighted by molar-refractivity contribution is -0.154. The summed E-state index contributed by atoms with van der Waals surface area (Å²) in [4.78, 5) is 11.4. The van der Waals surface area contributed by atoms with E-state index in [9.17, 15) is 9.90 Å². The molecular weight excluding hydrogens is 400 g/mol. The third-order valence-corrected chi connectivity index (χ3v) is 6.18. The fourth-order valence-electron chi connectivity index (χ4n) is 3.90. The van der Waals surface area contributed by atoms with Crippen LogP contribution in [-0.4, -0.2) is 23.3 Å². The molecule has 0 bridgehead atoms. The zero-order valence-electron chi connectivity index (χ0n) is 18.7. The van der Waals surface area contributed by atoms with Gasteiger partial charge in [0.2, 0.25) is 5.60 Å². The van der Waals surface area contributed by atoms with Crippen molar-refractivity contribution in [2.45, 2.75) is 39.2 Å². The molecule has 0 aromatic heterocycles. The molecule has 1 unspecified atom stereocenters. The van der Waals surface area contributed by atoms with E-state index in [0.29, 0.717) is 24.5 Å². The Hall–Kier alpha value is -3.53. The monoisotopic (exact) mass is 428 g/mol. The molecule has 0 spiro atoms. The number of allylic oxidation sites excluding steroid dienone is 1. The van der Waals surface area contributed by atoms with Gasteiger partial charge in [0.15, 0.2) is 0 Å². The first-order chi connectivity index (χ1) is 15.4. The van der Waals surface area contributed by atoms with Gasteiger partial charge in [0.05, 0.1) is 0 Å². The van der Waals surface area contributed by atoms with Gasteiger partial charge >= 0.3 is 5.97 Å². The van der Waals surface area contributed by atoms with Crippen LogP contribution in [0.15, 0.2) is 72.8 Å². The number of ether oxygens (including phenoxy) is 2. The van der Waals surface area contributed by atoms with E-state index < -0.39 is 11.6 Å². The molecule has 3 aromatic carbocycles. The second-order valence-corrected chi connectivity index (χ2v) is 8.37. The van der Waals surface area contributed by atoms with Crippen molar-refractivity contribution in [3.8, 4) is 22.6 Å². The number of fused-ring (bicyclic) bond motifs is 3. The minimum absolute atomic E-state index is 0.374. The Balaban J connectivity index is 1.37. The van der Waals surface area contributed by atoms with E-state index in [4.69, 9.17) is 9.47 Å². The highest BCUT2D eigenvalue weighted by Gasteiger charge is 2.33. The van der Waals surface area contributed by atoms with Crippen LogP contribution in [0.4, 0.5) is 0 Å². The second kappa shape index (κ2) is 8.91. The SMILES string of the molecule is CCC(C)(Oc1ccc(OC/C=C(\C)c2ccc3c(c2)Cc2ccccc2-3)cc1)C(=O)O. The first-order valence-electron chi connectivity index (χ1n) is 10.9. The van der Waals surface area contributed by atoms with Gasteiger partial charge in [0.1, 0.15) is 18.1 Å². The van der Waals surface area contributed by atoms with Crippen molar-refractivity contribution in [2.24, 2.45) is 0 Å². The van der Waals surface area contributed by atoms with Crippen LogP contribution in [-0.2, 0) is 11.2 Å². The number of hydrogen-bond acceptors (Lipinski definition) is 3. The molecule has 0 radical (unpaired) electrons. The minimum Gasteiger partial charge on any atom is -0.490 e. The number of carboxylic acids is 1. The van der Waals surface area contributed by atoms with Crippen LogP contribution >= 0.6 is 0 Å². The van der Waals surface area contributed by atoms with Crippen molar-refractivity contribution >= 4 is 11.5 Å². The number of aliphatic carboxylic acids is 1. The molecule has 1 aliphatic carbocycles. The molecule has 0 aliphatic heterocycles. The minimum atomic E-state index is -1.24. The molecule has 0 saturated carbocycles. The van der Waals surface area contributed by atoms with Crippen molar-refractivity contribution < 1.29 is 19.4 Å². The summed E-state index contributed by atoms with van der Waals surface area (Å²) in [5.74, 6) is 0.241. The fraction of sp³-hybridized carbons (Fsp3) is 0.250. The Morgan fingerprint density at radius 1 is 1.00 bits per heavy atom.